The van der Waals surface area contributed by atoms with E-state index in [0.29, 0.717) is 6.42 Å². The lowest BCUT2D eigenvalue weighted by Crippen LogP contribution is -2.60. The molecule has 1 fully saturated rings. The number of rotatable bonds is 37. The van der Waals surface area contributed by atoms with Gasteiger partial charge in [0.1, 0.15) is 24.4 Å². The van der Waals surface area contributed by atoms with Crippen molar-refractivity contribution in [1.82, 2.24) is 5.32 Å². The molecule has 0 aromatic heterocycles. The van der Waals surface area contributed by atoms with E-state index in [1.165, 1.54) is 109 Å². The zero-order valence-electron chi connectivity index (χ0n) is 36.1. The summed E-state index contributed by atoms with van der Waals surface area (Å²) in [5.74, 6) is -0.258. The highest BCUT2D eigenvalue weighted by Gasteiger charge is 2.44. The number of unbranched alkanes of at least 4 members (excludes halogenated alkanes) is 19. The average Bonchev–Trinajstić information content (AvgIpc) is 3.21. The quantitative estimate of drug-likeness (QED) is 0.0269. The highest BCUT2D eigenvalue weighted by Crippen LogP contribution is 2.22. The maximum absolute atomic E-state index is 12.9. The van der Waals surface area contributed by atoms with E-state index in [2.05, 4.69) is 55.6 Å². The average molecular weight is 804 g/mol. The summed E-state index contributed by atoms with van der Waals surface area (Å²) in [4.78, 5) is 12.9. The van der Waals surface area contributed by atoms with Crippen molar-refractivity contribution in [2.24, 2.45) is 0 Å². The van der Waals surface area contributed by atoms with Crippen molar-refractivity contribution in [1.29, 1.82) is 0 Å². The molecule has 0 aromatic carbocycles. The van der Waals surface area contributed by atoms with Crippen LogP contribution < -0.4 is 5.32 Å². The first-order chi connectivity index (χ1) is 27.8. The second-order valence-corrected chi connectivity index (χ2v) is 15.8. The number of carbonyl (C=O) groups excluding carboxylic acids is 1. The molecule has 330 valence electrons. The van der Waals surface area contributed by atoms with E-state index < -0.39 is 49.5 Å². The van der Waals surface area contributed by atoms with Crippen molar-refractivity contribution in [3.63, 3.8) is 0 Å². The van der Waals surface area contributed by atoms with Crippen LogP contribution in [0, 0.1) is 0 Å². The molecule has 7 atom stereocenters. The summed E-state index contributed by atoms with van der Waals surface area (Å²) >= 11 is 0. The largest absolute Gasteiger partial charge is 0.394 e. The van der Waals surface area contributed by atoms with E-state index in [9.17, 15) is 30.3 Å². The molecule has 1 rings (SSSR count). The van der Waals surface area contributed by atoms with Crippen LogP contribution >= 0.6 is 0 Å². The van der Waals surface area contributed by atoms with Crippen molar-refractivity contribution >= 4 is 5.91 Å². The second kappa shape index (κ2) is 38.1. The number of hydrogen-bond acceptors (Lipinski definition) is 8. The Morgan fingerprint density at radius 1 is 0.614 bits per heavy atom. The number of aliphatic hydroxyl groups excluding tert-OH is 5. The summed E-state index contributed by atoms with van der Waals surface area (Å²) in [6.07, 6.45) is 42.9. The first-order valence-corrected chi connectivity index (χ1v) is 23.0. The molecule has 1 aliphatic rings. The summed E-state index contributed by atoms with van der Waals surface area (Å²) < 4.78 is 11.2. The molecule has 0 aliphatic carbocycles. The minimum atomic E-state index is -1.58. The standard InChI is InChI=1S/C48H85NO8/c1-3-5-7-9-11-13-15-17-18-19-20-21-22-23-24-26-27-29-31-33-35-37-42(51)41(40-56-48-47(55)46(54)45(53)43(39-50)57-48)49-44(52)38-36-34-32-30-28-25-16-14-12-10-8-6-4-2/h6,8,12,14,25,28,32,34-35,37,41-43,45-48,50-51,53-55H,3-5,7,9-11,13,15-24,26-27,29-31,33,36,38-40H2,1-2H3,(H,49,52)/b8-6-,14-12-,28-25-,34-32-,37-35+. The number of carbonyl (C=O) groups is 1. The Morgan fingerprint density at radius 2 is 1.09 bits per heavy atom. The Labute approximate surface area is 347 Å². The SMILES string of the molecule is CC/C=C\C/C=C\C/C=C\C/C=C\CCC(=O)NC(COC1OC(CO)C(O)C(O)C1O)C(O)/C=C/CCCCCCCCCCCCCCCCCCCCC. The fourth-order valence-corrected chi connectivity index (χ4v) is 6.93. The van der Waals surface area contributed by atoms with Gasteiger partial charge in [-0.3, -0.25) is 4.79 Å². The van der Waals surface area contributed by atoms with Gasteiger partial charge in [0.05, 0.1) is 25.4 Å². The van der Waals surface area contributed by atoms with Gasteiger partial charge < -0.3 is 40.3 Å². The Bertz CT molecular complexity index is 1070. The van der Waals surface area contributed by atoms with Crippen LogP contribution in [-0.2, 0) is 14.3 Å². The molecule has 9 heteroatoms. The van der Waals surface area contributed by atoms with E-state index >= 15 is 0 Å². The topological polar surface area (TPSA) is 149 Å². The molecule has 1 saturated heterocycles. The lowest BCUT2D eigenvalue weighted by atomic mass is 9.99. The maximum Gasteiger partial charge on any atom is 0.220 e. The van der Waals surface area contributed by atoms with Crippen LogP contribution in [0.5, 0.6) is 0 Å². The van der Waals surface area contributed by atoms with Crippen LogP contribution in [0.2, 0.25) is 0 Å². The van der Waals surface area contributed by atoms with Crippen LogP contribution in [0.15, 0.2) is 60.8 Å². The molecule has 1 aliphatic heterocycles. The summed E-state index contributed by atoms with van der Waals surface area (Å²) in [6, 6.07) is -0.844. The lowest BCUT2D eigenvalue weighted by Gasteiger charge is -2.40. The number of ether oxygens (including phenoxy) is 2. The van der Waals surface area contributed by atoms with Crippen LogP contribution in [0.4, 0.5) is 0 Å². The fourth-order valence-electron chi connectivity index (χ4n) is 6.93. The number of allylic oxidation sites excluding steroid dienone is 9. The van der Waals surface area contributed by atoms with Gasteiger partial charge in [0, 0.05) is 6.42 Å². The minimum absolute atomic E-state index is 0.219. The van der Waals surface area contributed by atoms with Crippen molar-refractivity contribution in [2.75, 3.05) is 13.2 Å². The smallest absolute Gasteiger partial charge is 0.220 e. The Morgan fingerprint density at radius 3 is 1.58 bits per heavy atom. The Kier molecular flexibility index (Phi) is 35.4. The molecule has 0 spiro atoms. The first kappa shape index (κ1) is 52.9. The monoisotopic (exact) mass is 804 g/mol. The normalized spacial score (nSPS) is 21.6. The summed E-state index contributed by atoms with van der Waals surface area (Å²) in [7, 11) is 0. The highest BCUT2D eigenvalue weighted by molar-refractivity contribution is 5.76. The van der Waals surface area contributed by atoms with Gasteiger partial charge in [-0.05, 0) is 44.9 Å². The molecule has 7 unspecified atom stereocenters. The van der Waals surface area contributed by atoms with Crippen LogP contribution in [-0.4, -0.2) is 87.5 Å². The van der Waals surface area contributed by atoms with Gasteiger partial charge in [-0.2, -0.15) is 0 Å². The third kappa shape index (κ3) is 28.9. The molecule has 9 nitrogen and oxygen atoms in total. The van der Waals surface area contributed by atoms with E-state index in [1.54, 1.807) is 6.08 Å². The maximum atomic E-state index is 12.9. The van der Waals surface area contributed by atoms with Crippen molar-refractivity contribution in [3.8, 4) is 0 Å². The van der Waals surface area contributed by atoms with E-state index in [4.69, 9.17) is 9.47 Å². The van der Waals surface area contributed by atoms with Crippen LogP contribution in [0.3, 0.4) is 0 Å². The summed E-state index contributed by atoms with van der Waals surface area (Å²) in [5, 5.41) is 54.1. The molecular weight excluding hydrogens is 719 g/mol. The predicted octanol–water partition coefficient (Wildman–Crippen LogP) is 9.61. The molecular formula is C48H85NO8. The molecule has 0 aromatic rings. The summed E-state index contributed by atoms with van der Waals surface area (Å²) in [5.41, 5.74) is 0. The fraction of sp³-hybridized carbons (Fsp3) is 0.771. The van der Waals surface area contributed by atoms with Gasteiger partial charge in [-0.15, -0.1) is 0 Å². The first-order valence-electron chi connectivity index (χ1n) is 23.0. The molecule has 57 heavy (non-hydrogen) atoms. The third-order valence-corrected chi connectivity index (χ3v) is 10.6. The van der Waals surface area contributed by atoms with Crippen LogP contribution in [0.1, 0.15) is 181 Å². The number of amides is 1. The number of hydrogen-bond donors (Lipinski definition) is 6. The number of nitrogens with one attached hydrogen (secondary N) is 1. The molecule has 0 saturated carbocycles. The molecule has 0 radical (unpaired) electrons. The molecule has 0 bridgehead atoms. The van der Waals surface area contributed by atoms with Crippen molar-refractivity contribution in [2.45, 2.75) is 224 Å². The van der Waals surface area contributed by atoms with Gasteiger partial charge in [0.15, 0.2) is 6.29 Å². The second-order valence-electron chi connectivity index (χ2n) is 15.8. The molecule has 6 N–H and O–H groups in total. The van der Waals surface area contributed by atoms with Gasteiger partial charge in [-0.25, -0.2) is 0 Å². The lowest BCUT2D eigenvalue weighted by molar-refractivity contribution is -0.302. The van der Waals surface area contributed by atoms with E-state index in [0.717, 1.165) is 44.9 Å². The Balaban J connectivity index is 2.37. The highest BCUT2D eigenvalue weighted by atomic mass is 16.7. The predicted molar refractivity (Wildman–Crippen MR) is 235 cm³/mol. The molecule has 1 amide bonds. The Hall–Kier alpha value is -2.11. The van der Waals surface area contributed by atoms with Gasteiger partial charge >= 0.3 is 0 Å². The van der Waals surface area contributed by atoms with Gasteiger partial charge in [-0.1, -0.05) is 190 Å². The van der Waals surface area contributed by atoms with Crippen molar-refractivity contribution in [3.05, 3.63) is 60.8 Å². The summed E-state index contributed by atoms with van der Waals surface area (Å²) in [6.45, 7) is 3.60. The zero-order valence-corrected chi connectivity index (χ0v) is 36.1. The van der Waals surface area contributed by atoms with Crippen LogP contribution in [0.25, 0.3) is 0 Å². The van der Waals surface area contributed by atoms with E-state index in [1.807, 2.05) is 18.2 Å². The third-order valence-electron chi connectivity index (χ3n) is 10.6. The number of aliphatic hydroxyl groups is 5. The van der Waals surface area contributed by atoms with E-state index in [-0.39, 0.29) is 18.9 Å². The van der Waals surface area contributed by atoms with Gasteiger partial charge in [0.25, 0.3) is 0 Å². The molecule has 1 heterocycles. The van der Waals surface area contributed by atoms with Gasteiger partial charge in [0.2, 0.25) is 5.91 Å². The van der Waals surface area contributed by atoms with Crippen molar-refractivity contribution < 1.29 is 39.8 Å². The minimum Gasteiger partial charge on any atom is -0.394 e. The zero-order chi connectivity index (χ0) is 41.6.